The van der Waals surface area contributed by atoms with Gasteiger partial charge in [0, 0.05) is 31.0 Å². The highest BCUT2D eigenvalue weighted by atomic mass is 32.2. The van der Waals surface area contributed by atoms with Crippen molar-refractivity contribution in [3.63, 3.8) is 0 Å². The van der Waals surface area contributed by atoms with Gasteiger partial charge in [-0.05, 0) is 51.9 Å². The maximum Gasteiger partial charge on any atom is 0.114 e. The van der Waals surface area contributed by atoms with Crippen LogP contribution in [0, 0.1) is 0 Å². The summed E-state index contributed by atoms with van der Waals surface area (Å²) in [5.41, 5.74) is 12.0. The Kier molecular flexibility index (Phi) is 7.00. The molecule has 8 rings (SSSR count). The lowest BCUT2D eigenvalue weighted by atomic mass is 9.96. The maximum atomic E-state index is 4.81. The molecular weight excluding hydrogens is 581 g/mol. The van der Waals surface area contributed by atoms with E-state index in [-0.39, 0.29) is 0 Å². The van der Waals surface area contributed by atoms with Crippen molar-refractivity contribution >= 4 is 50.8 Å². The van der Waals surface area contributed by atoms with Crippen molar-refractivity contribution in [3.05, 3.63) is 151 Å². The number of hydrogen-bond acceptors (Lipinski definition) is 5. The molecule has 0 amide bonds. The van der Waals surface area contributed by atoms with Crippen LogP contribution in [-0.4, -0.2) is 8.75 Å². The third kappa shape index (κ3) is 4.94. The molecule has 7 aromatic rings. The highest BCUT2D eigenvalue weighted by molar-refractivity contribution is 8.08. The molecule has 5 aromatic carbocycles. The molecule has 2 nitrogen and oxygen atoms in total. The van der Waals surface area contributed by atoms with E-state index < -0.39 is 0 Å². The second-order valence-electron chi connectivity index (χ2n) is 10.6. The highest BCUT2D eigenvalue weighted by Gasteiger charge is 2.26. The summed E-state index contributed by atoms with van der Waals surface area (Å²) in [6.45, 7) is 0. The second kappa shape index (κ2) is 11.4. The molecule has 1 atom stereocenters. The fraction of sp³-hybridized carbons (Fsp3) is 0.0526. The van der Waals surface area contributed by atoms with Gasteiger partial charge in [0.2, 0.25) is 0 Å². The lowest BCUT2D eigenvalue weighted by Crippen LogP contribution is -1.93. The van der Waals surface area contributed by atoms with Crippen molar-refractivity contribution in [2.75, 3.05) is 0 Å². The summed E-state index contributed by atoms with van der Waals surface area (Å²) >= 11 is 5.07. The van der Waals surface area contributed by atoms with Crippen LogP contribution in [0.2, 0.25) is 0 Å². The highest BCUT2D eigenvalue weighted by Crippen LogP contribution is 2.52. The van der Waals surface area contributed by atoms with Crippen molar-refractivity contribution in [2.24, 2.45) is 0 Å². The van der Waals surface area contributed by atoms with Crippen LogP contribution >= 0.6 is 34.8 Å². The van der Waals surface area contributed by atoms with Gasteiger partial charge in [-0.1, -0.05) is 127 Å². The lowest BCUT2D eigenvalue weighted by Gasteiger charge is -2.16. The summed E-state index contributed by atoms with van der Waals surface area (Å²) in [5.74, 6) is 0. The van der Waals surface area contributed by atoms with E-state index in [1.807, 2.05) is 23.1 Å². The maximum absolute atomic E-state index is 4.81. The number of aromatic nitrogens is 2. The Bertz CT molecular complexity index is 2090. The van der Waals surface area contributed by atoms with Gasteiger partial charge in [-0.15, -0.1) is 23.1 Å². The topological polar surface area (TPSA) is 25.8 Å². The first kappa shape index (κ1) is 26.3. The number of thiophene rings is 1. The van der Waals surface area contributed by atoms with E-state index in [4.69, 9.17) is 8.75 Å². The van der Waals surface area contributed by atoms with E-state index in [1.54, 1.807) is 0 Å². The van der Waals surface area contributed by atoms with E-state index in [0.29, 0.717) is 5.25 Å². The molecule has 0 saturated carbocycles. The summed E-state index contributed by atoms with van der Waals surface area (Å²) in [5, 5.41) is 0.372. The molecule has 0 spiro atoms. The van der Waals surface area contributed by atoms with E-state index in [1.165, 1.54) is 65.3 Å². The Balaban J connectivity index is 1.11. The van der Waals surface area contributed by atoms with Crippen LogP contribution in [0.15, 0.2) is 140 Å². The number of benzene rings is 5. The molecule has 1 unspecified atom stereocenters. The number of hydrogen-bond donors (Lipinski definition) is 0. The van der Waals surface area contributed by atoms with E-state index >= 15 is 0 Å². The molecule has 1 aliphatic heterocycles. The van der Waals surface area contributed by atoms with E-state index in [2.05, 4.69) is 140 Å². The second-order valence-corrected chi connectivity index (χ2v) is 13.4. The normalized spacial score (nSPS) is 14.7. The molecule has 0 radical (unpaired) electrons. The first-order valence-electron chi connectivity index (χ1n) is 14.4. The Labute approximate surface area is 263 Å². The Morgan fingerprint density at radius 1 is 0.488 bits per heavy atom. The third-order valence-corrected chi connectivity index (χ3v) is 11.1. The summed E-state index contributed by atoms with van der Waals surface area (Å²) in [6.07, 6.45) is 3.38. The van der Waals surface area contributed by atoms with Crippen molar-refractivity contribution in [1.29, 1.82) is 0 Å². The van der Waals surface area contributed by atoms with Crippen molar-refractivity contribution in [2.45, 2.75) is 11.7 Å². The summed E-state index contributed by atoms with van der Waals surface area (Å²) in [7, 11) is 0. The van der Waals surface area contributed by atoms with Gasteiger partial charge in [0.1, 0.15) is 11.0 Å². The molecular formula is C38H26N2S3. The van der Waals surface area contributed by atoms with Gasteiger partial charge in [-0.3, -0.25) is 0 Å². The lowest BCUT2D eigenvalue weighted by molar-refractivity contribution is 0.993. The van der Waals surface area contributed by atoms with Gasteiger partial charge in [0.15, 0.2) is 0 Å². The summed E-state index contributed by atoms with van der Waals surface area (Å²) in [6, 6.07) is 47.8. The minimum absolute atomic E-state index is 0.372. The molecule has 1 aliphatic rings. The molecule has 43 heavy (non-hydrogen) atoms. The molecule has 5 heteroatoms. The van der Waals surface area contributed by atoms with Gasteiger partial charge in [-0.2, -0.15) is 8.75 Å². The Morgan fingerprint density at radius 2 is 1.05 bits per heavy atom. The SMILES string of the molecule is C1=C(c2ccc(-c3ccc(-c4ccccc4-c4ccccc4)s3)c3nsnc23)SC(c2ccccc2-c2ccccc2)C1. The van der Waals surface area contributed by atoms with Gasteiger partial charge >= 0.3 is 0 Å². The van der Waals surface area contributed by atoms with Gasteiger partial charge < -0.3 is 0 Å². The largest absolute Gasteiger partial charge is 0.172 e. The monoisotopic (exact) mass is 606 g/mol. The van der Waals surface area contributed by atoms with E-state index in [0.717, 1.165) is 23.0 Å². The van der Waals surface area contributed by atoms with Crippen LogP contribution in [0.5, 0.6) is 0 Å². The number of rotatable bonds is 6. The minimum atomic E-state index is 0.372. The van der Waals surface area contributed by atoms with Crippen LogP contribution in [0.3, 0.4) is 0 Å². The van der Waals surface area contributed by atoms with Crippen molar-refractivity contribution < 1.29 is 0 Å². The predicted molar refractivity (Wildman–Crippen MR) is 186 cm³/mol. The van der Waals surface area contributed by atoms with E-state index in [9.17, 15) is 0 Å². The summed E-state index contributed by atoms with van der Waals surface area (Å²) < 4.78 is 9.62. The van der Waals surface area contributed by atoms with Crippen molar-refractivity contribution in [1.82, 2.24) is 8.75 Å². The standard InChI is InChI=1S/C38H26N2S3/c1-3-11-25(12-4-1)27-15-7-9-17-29(27)33-21-23-35(41-33)31-19-20-32(38-37(31)39-43-40-38)36-24-22-34(42-36)30-18-10-8-16-28(30)26-13-5-2-6-14-26/h1-21,23-24,34H,22H2. The predicted octanol–water partition coefficient (Wildman–Crippen LogP) is 11.6. The summed E-state index contributed by atoms with van der Waals surface area (Å²) in [4.78, 5) is 3.76. The van der Waals surface area contributed by atoms with Crippen LogP contribution in [0.1, 0.15) is 22.8 Å². The van der Waals surface area contributed by atoms with Gasteiger partial charge in [0.25, 0.3) is 0 Å². The fourth-order valence-electron chi connectivity index (χ4n) is 5.94. The first-order chi connectivity index (χ1) is 21.3. The number of nitrogens with zero attached hydrogens (tertiary/aromatic N) is 2. The zero-order valence-electron chi connectivity index (χ0n) is 23.2. The van der Waals surface area contributed by atoms with Crippen LogP contribution in [0.4, 0.5) is 0 Å². The Hall–Kier alpha value is -4.29. The number of thioether (sulfide) groups is 1. The molecule has 0 aliphatic carbocycles. The van der Waals surface area contributed by atoms with Crippen LogP contribution in [0.25, 0.3) is 59.1 Å². The zero-order valence-corrected chi connectivity index (χ0v) is 25.6. The molecule has 0 fully saturated rings. The number of fused-ring (bicyclic) bond motifs is 1. The van der Waals surface area contributed by atoms with Gasteiger partial charge in [0.05, 0.1) is 11.7 Å². The third-order valence-electron chi connectivity index (χ3n) is 8.01. The average molecular weight is 607 g/mol. The molecule has 206 valence electrons. The smallest absolute Gasteiger partial charge is 0.114 e. The van der Waals surface area contributed by atoms with Crippen LogP contribution in [-0.2, 0) is 0 Å². The minimum Gasteiger partial charge on any atom is -0.172 e. The Morgan fingerprint density at radius 3 is 1.79 bits per heavy atom. The fourth-order valence-corrected chi connectivity index (χ4v) is 8.91. The molecule has 0 saturated heterocycles. The first-order valence-corrected chi connectivity index (χ1v) is 16.8. The molecule has 0 N–H and O–H groups in total. The van der Waals surface area contributed by atoms with Gasteiger partial charge in [-0.25, -0.2) is 0 Å². The zero-order chi connectivity index (χ0) is 28.6. The van der Waals surface area contributed by atoms with Crippen molar-refractivity contribution in [3.8, 4) is 43.1 Å². The quantitative estimate of drug-likeness (QED) is 0.188. The number of allylic oxidation sites excluding steroid dienone is 1. The molecule has 3 heterocycles. The molecule has 2 aromatic heterocycles. The molecule has 0 bridgehead atoms. The van der Waals surface area contributed by atoms with Crippen LogP contribution < -0.4 is 0 Å². The average Bonchev–Trinajstić information content (AvgIpc) is 3.87.